The minimum Gasteiger partial charge on any atom is -0.339 e. The van der Waals surface area contributed by atoms with Gasteiger partial charge in [-0.25, -0.2) is 0 Å². The standard InChI is InChI=1S/C14H20N2O/c1-11-13(7-8-16(11)14(17)10-15)9-12-5-3-2-4-6-12/h2-6,11,13H,7-10,15H2,1H3/t11-,13-/m0/s1. The molecule has 0 aromatic heterocycles. The molecule has 0 radical (unpaired) electrons. The van der Waals surface area contributed by atoms with E-state index in [-0.39, 0.29) is 12.5 Å². The van der Waals surface area contributed by atoms with Crippen molar-refractivity contribution in [2.75, 3.05) is 13.1 Å². The molecule has 1 aromatic rings. The van der Waals surface area contributed by atoms with E-state index in [1.807, 2.05) is 11.0 Å². The molecule has 0 aliphatic carbocycles. The Hall–Kier alpha value is -1.35. The lowest BCUT2D eigenvalue weighted by Gasteiger charge is -2.24. The molecule has 0 unspecified atom stereocenters. The van der Waals surface area contributed by atoms with Gasteiger partial charge < -0.3 is 10.6 Å². The molecule has 3 nitrogen and oxygen atoms in total. The molecule has 0 bridgehead atoms. The number of rotatable bonds is 3. The maximum absolute atomic E-state index is 11.6. The molecule has 17 heavy (non-hydrogen) atoms. The molecule has 1 aliphatic heterocycles. The first-order valence-electron chi connectivity index (χ1n) is 6.26. The highest BCUT2D eigenvalue weighted by Gasteiger charge is 2.32. The lowest BCUT2D eigenvalue weighted by molar-refractivity contribution is -0.130. The van der Waals surface area contributed by atoms with Crippen LogP contribution in [0.4, 0.5) is 0 Å². The van der Waals surface area contributed by atoms with Crippen LogP contribution in [-0.2, 0) is 11.2 Å². The van der Waals surface area contributed by atoms with Gasteiger partial charge in [-0.05, 0) is 31.2 Å². The molecule has 1 amide bonds. The quantitative estimate of drug-likeness (QED) is 0.857. The van der Waals surface area contributed by atoms with Gasteiger partial charge in [0.25, 0.3) is 0 Å². The van der Waals surface area contributed by atoms with Crippen molar-refractivity contribution in [1.29, 1.82) is 0 Å². The van der Waals surface area contributed by atoms with Crippen LogP contribution in [0.2, 0.25) is 0 Å². The third-order valence-electron chi connectivity index (χ3n) is 3.75. The molecule has 92 valence electrons. The number of benzene rings is 1. The average Bonchev–Trinajstić information content (AvgIpc) is 2.72. The lowest BCUT2D eigenvalue weighted by Crippen LogP contribution is -2.39. The van der Waals surface area contributed by atoms with Crippen LogP contribution in [0.15, 0.2) is 30.3 Å². The Morgan fingerprint density at radius 1 is 1.41 bits per heavy atom. The van der Waals surface area contributed by atoms with E-state index < -0.39 is 0 Å². The zero-order valence-electron chi connectivity index (χ0n) is 10.3. The average molecular weight is 232 g/mol. The van der Waals surface area contributed by atoms with Crippen LogP contribution in [0.5, 0.6) is 0 Å². The predicted molar refractivity (Wildman–Crippen MR) is 68.5 cm³/mol. The number of carbonyl (C=O) groups is 1. The minimum atomic E-state index is 0.0769. The van der Waals surface area contributed by atoms with Gasteiger partial charge >= 0.3 is 0 Å². The number of likely N-dealkylation sites (tertiary alicyclic amines) is 1. The smallest absolute Gasteiger partial charge is 0.236 e. The Balaban J connectivity index is 1.98. The first kappa shape index (κ1) is 12.1. The Morgan fingerprint density at radius 2 is 2.12 bits per heavy atom. The molecular weight excluding hydrogens is 212 g/mol. The highest BCUT2D eigenvalue weighted by atomic mass is 16.2. The fourth-order valence-electron chi connectivity index (χ4n) is 2.66. The Morgan fingerprint density at radius 3 is 2.76 bits per heavy atom. The molecule has 2 rings (SSSR count). The number of nitrogens with zero attached hydrogens (tertiary/aromatic N) is 1. The molecule has 1 saturated heterocycles. The second kappa shape index (κ2) is 5.32. The summed E-state index contributed by atoms with van der Waals surface area (Å²) in [5.41, 5.74) is 6.77. The largest absolute Gasteiger partial charge is 0.339 e. The minimum absolute atomic E-state index is 0.0769. The zero-order chi connectivity index (χ0) is 12.3. The lowest BCUT2D eigenvalue weighted by atomic mass is 9.93. The number of hydrogen-bond acceptors (Lipinski definition) is 2. The Bertz CT molecular complexity index is 377. The molecule has 3 heteroatoms. The molecule has 2 N–H and O–H groups in total. The van der Waals surface area contributed by atoms with Crippen molar-refractivity contribution in [3.05, 3.63) is 35.9 Å². The topological polar surface area (TPSA) is 46.3 Å². The molecular formula is C14H20N2O. The normalized spacial score (nSPS) is 24.0. The van der Waals surface area contributed by atoms with Crippen LogP contribution in [0, 0.1) is 5.92 Å². The van der Waals surface area contributed by atoms with E-state index in [0.717, 1.165) is 19.4 Å². The van der Waals surface area contributed by atoms with Gasteiger partial charge in [-0.3, -0.25) is 4.79 Å². The summed E-state index contributed by atoms with van der Waals surface area (Å²) in [4.78, 5) is 13.5. The molecule has 0 saturated carbocycles. The van der Waals surface area contributed by atoms with Crippen molar-refractivity contribution in [3.63, 3.8) is 0 Å². The number of hydrogen-bond donors (Lipinski definition) is 1. The van der Waals surface area contributed by atoms with Gasteiger partial charge in [0.05, 0.1) is 6.54 Å². The Kier molecular flexibility index (Phi) is 3.79. The van der Waals surface area contributed by atoms with Crippen molar-refractivity contribution in [3.8, 4) is 0 Å². The first-order valence-corrected chi connectivity index (χ1v) is 6.26. The van der Waals surface area contributed by atoms with Crippen molar-refractivity contribution in [1.82, 2.24) is 4.90 Å². The second-order valence-corrected chi connectivity index (χ2v) is 4.77. The summed E-state index contributed by atoms with van der Waals surface area (Å²) < 4.78 is 0. The summed E-state index contributed by atoms with van der Waals surface area (Å²) in [5.74, 6) is 0.640. The van der Waals surface area contributed by atoms with Gasteiger partial charge in [0.2, 0.25) is 5.91 Å². The van der Waals surface area contributed by atoms with E-state index in [0.29, 0.717) is 12.0 Å². The maximum atomic E-state index is 11.6. The van der Waals surface area contributed by atoms with E-state index in [2.05, 4.69) is 31.2 Å². The fourth-order valence-corrected chi connectivity index (χ4v) is 2.66. The summed E-state index contributed by atoms with van der Waals surface area (Å²) in [6, 6.07) is 10.8. The fraction of sp³-hybridized carbons (Fsp3) is 0.500. The van der Waals surface area contributed by atoms with Gasteiger partial charge in [0.15, 0.2) is 0 Å². The first-order chi connectivity index (χ1) is 8.22. The van der Waals surface area contributed by atoms with Crippen molar-refractivity contribution in [2.45, 2.75) is 25.8 Å². The van der Waals surface area contributed by atoms with E-state index in [4.69, 9.17) is 5.73 Å². The van der Waals surface area contributed by atoms with Crippen LogP contribution >= 0.6 is 0 Å². The van der Waals surface area contributed by atoms with Gasteiger partial charge in [0, 0.05) is 12.6 Å². The molecule has 1 aliphatic rings. The summed E-state index contributed by atoms with van der Waals surface area (Å²) in [5, 5.41) is 0. The summed E-state index contributed by atoms with van der Waals surface area (Å²) in [6.45, 7) is 3.12. The Labute approximate surface area is 103 Å². The second-order valence-electron chi connectivity index (χ2n) is 4.77. The highest BCUT2D eigenvalue weighted by molar-refractivity contribution is 5.78. The van der Waals surface area contributed by atoms with Crippen LogP contribution in [-0.4, -0.2) is 29.9 Å². The third kappa shape index (κ3) is 2.67. The SMILES string of the molecule is C[C@H]1[C@H](Cc2ccccc2)CCN1C(=O)CN. The summed E-state index contributed by atoms with van der Waals surface area (Å²) >= 11 is 0. The molecule has 1 heterocycles. The highest BCUT2D eigenvalue weighted by Crippen LogP contribution is 2.27. The van der Waals surface area contributed by atoms with Crippen LogP contribution < -0.4 is 5.73 Å². The molecule has 2 atom stereocenters. The van der Waals surface area contributed by atoms with Crippen molar-refractivity contribution in [2.24, 2.45) is 11.7 Å². The molecule has 1 fully saturated rings. The number of carbonyl (C=O) groups excluding carboxylic acids is 1. The van der Waals surface area contributed by atoms with Crippen LogP contribution in [0.25, 0.3) is 0 Å². The zero-order valence-corrected chi connectivity index (χ0v) is 10.3. The van der Waals surface area contributed by atoms with Gasteiger partial charge in [-0.15, -0.1) is 0 Å². The van der Waals surface area contributed by atoms with Gasteiger partial charge in [-0.1, -0.05) is 30.3 Å². The van der Waals surface area contributed by atoms with E-state index in [9.17, 15) is 4.79 Å². The van der Waals surface area contributed by atoms with E-state index in [1.165, 1.54) is 5.56 Å². The number of nitrogens with two attached hydrogens (primary N) is 1. The van der Waals surface area contributed by atoms with Crippen LogP contribution in [0.1, 0.15) is 18.9 Å². The van der Waals surface area contributed by atoms with Crippen molar-refractivity contribution >= 4 is 5.91 Å². The summed E-state index contributed by atoms with van der Waals surface area (Å²) in [6.07, 6.45) is 2.14. The number of amides is 1. The molecule has 1 aromatic carbocycles. The summed E-state index contributed by atoms with van der Waals surface area (Å²) in [7, 11) is 0. The van der Waals surface area contributed by atoms with E-state index >= 15 is 0 Å². The predicted octanol–water partition coefficient (Wildman–Crippen LogP) is 1.42. The molecule has 0 spiro atoms. The van der Waals surface area contributed by atoms with Crippen LogP contribution in [0.3, 0.4) is 0 Å². The monoisotopic (exact) mass is 232 g/mol. The maximum Gasteiger partial charge on any atom is 0.236 e. The van der Waals surface area contributed by atoms with E-state index in [1.54, 1.807) is 0 Å². The third-order valence-corrected chi connectivity index (χ3v) is 3.75. The van der Waals surface area contributed by atoms with Gasteiger partial charge in [-0.2, -0.15) is 0 Å². The van der Waals surface area contributed by atoms with Crippen molar-refractivity contribution < 1.29 is 4.79 Å². The van der Waals surface area contributed by atoms with Gasteiger partial charge in [0.1, 0.15) is 0 Å².